The van der Waals surface area contributed by atoms with Crippen molar-refractivity contribution < 1.29 is 24.2 Å². The summed E-state index contributed by atoms with van der Waals surface area (Å²) in [5, 5.41) is 11.8. The predicted molar refractivity (Wildman–Crippen MR) is 145 cm³/mol. The summed E-state index contributed by atoms with van der Waals surface area (Å²) in [6.07, 6.45) is 0.376. The third kappa shape index (κ3) is 5.25. The van der Waals surface area contributed by atoms with Gasteiger partial charge in [0.05, 0.1) is 24.8 Å². The second-order valence-electron chi connectivity index (χ2n) is 8.58. The minimum atomic E-state index is -0.830. The molecule has 4 aromatic rings. The third-order valence-electron chi connectivity index (χ3n) is 6.22. The van der Waals surface area contributed by atoms with Gasteiger partial charge in [-0.2, -0.15) is 0 Å². The lowest BCUT2D eigenvalue weighted by Crippen LogP contribution is -2.36. The highest BCUT2D eigenvalue weighted by molar-refractivity contribution is 14.1. The van der Waals surface area contributed by atoms with Crippen molar-refractivity contribution in [1.82, 2.24) is 20.2 Å². The molecule has 2 heterocycles. The SMILES string of the molecule is COc1ccc(C[C@@H](c2nc3cc(I)ccc3[nH]2)N2C(=O)N[C@H](c3ccc(OCCO)cc3)C2=O)cc1. The van der Waals surface area contributed by atoms with Gasteiger partial charge in [0.2, 0.25) is 0 Å². The summed E-state index contributed by atoms with van der Waals surface area (Å²) >= 11 is 2.23. The Bertz CT molecular complexity index is 1420. The van der Waals surface area contributed by atoms with Crippen molar-refractivity contribution in [3.05, 3.63) is 87.3 Å². The maximum atomic E-state index is 13.7. The number of imidazole rings is 1. The summed E-state index contributed by atoms with van der Waals surface area (Å²) in [5.74, 6) is 1.47. The number of carbonyl (C=O) groups excluding carboxylic acids is 2. The highest BCUT2D eigenvalue weighted by Gasteiger charge is 2.44. The average Bonchev–Trinajstić information content (AvgIpc) is 3.46. The van der Waals surface area contributed by atoms with Crippen molar-refractivity contribution in [2.75, 3.05) is 20.3 Å². The molecule has 1 saturated heterocycles. The molecule has 190 valence electrons. The van der Waals surface area contributed by atoms with E-state index in [-0.39, 0.29) is 19.1 Å². The largest absolute Gasteiger partial charge is 0.497 e. The topological polar surface area (TPSA) is 117 Å². The van der Waals surface area contributed by atoms with Crippen LogP contribution in [0.1, 0.15) is 29.0 Å². The summed E-state index contributed by atoms with van der Waals surface area (Å²) in [6, 6.07) is 18.3. The van der Waals surface area contributed by atoms with Crippen LogP contribution in [0, 0.1) is 3.57 Å². The molecule has 0 saturated carbocycles. The number of amides is 3. The van der Waals surface area contributed by atoms with Gasteiger partial charge in [-0.25, -0.2) is 9.78 Å². The molecule has 0 bridgehead atoms. The van der Waals surface area contributed by atoms with E-state index in [2.05, 4.69) is 32.9 Å². The predicted octanol–water partition coefficient (Wildman–Crippen LogP) is 4.12. The molecule has 5 rings (SSSR count). The smallest absolute Gasteiger partial charge is 0.325 e. The minimum Gasteiger partial charge on any atom is -0.497 e. The number of aliphatic hydroxyl groups excluding tert-OH is 1. The van der Waals surface area contributed by atoms with Crippen molar-refractivity contribution in [1.29, 1.82) is 0 Å². The van der Waals surface area contributed by atoms with Gasteiger partial charge in [-0.3, -0.25) is 9.69 Å². The number of H-pyrrole nitrogens is 1. The van der Waals surface area contributed by atoms with E-state index in [1.165, 1.54) is 4.90 Å². The molecule has 0 unspecified atom stereocenters. The van der Waals surface area contributed by atoms with Crippen LogP contribution < -0.4 is 14.8 Å². The van der Waals surface area contributed by atoms with Gasteiger partial charge in [-0.05, 0) is 76.2 Å². The Morgan fingerprint density at radius 2 is 1.78 bits per heavy atom. The Labute approximate surface area is 226 Å². The minimum absolute atomic E-state index is 0.0929. The first-order valence-electron chi connectivity index (χ1n) is 11.7. The molecular formula is C27H25IN4O5. The molecule has 1 fully saturated rings. The number of rotatable bonds is 9. The number of carbonyl (C=O) groups is 2. The number of benzene rings is 3. The first-order valence-corrected chi connectivity index (χ1v) is 12.8. The monoisotopic (exact) mass is 612 g/mol. The number of nitrogens with zero attached hydrogens (tertiary/aromatic N) is 2. The Hall–Kier alpha value is -3.64. The molecule has 9 nitrogen and oxygen atoms in total. The van der Waals surface area contributed by atoms with Crippen LogP contribution in [0.4, 0.5) is 4.79 Å². The van der Waals surface area contributed by atoms with Crippen LogP contribution in [0.3, 0.4) is 0 Å². The summed E-state index contributed by atoms with van der Waals surface area (Å²) < 4.78 is 11.7. The quantitative estimate of drug-likeness (QED) is 0.194. The molecule has 2 atom stereocenters. The van der Waals surface area contributed by atoms with Crippen LogP contribution in [-0.2, 0) is 11.2 Å². The molecule has 3 N–H and O–H groups in total. The number of halogens is 1. The van der Waals surface area contributed by atoms with E-state index in [1.807, 2.05) is 42.5 Å². The van der Waals surface area contributed by atoms with Crippen molar-refractivity contribution in [3.8, 4) is 11.5 Å². The number of aliphatic hydroxyl groups is 1. The standard InChI is InChI=1S/C27H25IN4O5/c1-36-19-7-2-16(3-8-19)14-23(25-29-21-11-6-18(28)15-22(21)30-25)32-26(34)24(31-27(32)35)17-4-9-20(10-5-17)37-13-12-33/h2-11,15,23-24,33H,12-14H2,1H3,(H,29,30)(H,31,35)/t23-,24+/m0/s1. The molecule has 1 aliphatic rings. The Morgan fingerprint density at radius 1 is 1.05 bits per heavy atom. The zero-order valence-electron chi connectivity index (χ0n) is 20.0. The molecule has 0 spiro atoms. The lowest BCUT2D eigenvalue weighted by molar-refractivity contribution is -0.129. The number of methoxy groups -OCH3 is 1. The maximum absolute atomic E-state index is 13.7. The van der Waals surface area contributed by atoms with Crippen molar-refractivity contribution in [2.24, 2.45) is 0 Å². The highest BCUT2D eigenvalue weighted by Crippen LogP contribution is 2.33. The van der Waals surface area contributed by atoms with Crippen molar-refractivity contribution >= 4 is 45.6 Å². The van der Waals surface area contributed by atoms with Crippen LogP contribution in [0.2, 0.25) is 0 Å². The maximum Gasteiger partial charge on any atom is 0.325 e. The Balaban J connectivity index is 1.48. The molecular weight excluding hydrogens is 587 g/mol. The second kappa shape index (κ2) is 10.8. The number of aromatic nitrogens is 2. The second-order valence-corrected chi connectivity index (χ2v) is 9.83. The van der Waals surface area contributed by atoms with E-state index in [0.29, 0.717) is 23.6 Å². The van der Waals surface area contributed by atoms with Gasteiger partial charge in [-0.1, -0.05) is 24.3 Å². The van der Waals surface area contributed by atoms with Crippen LogP contribution in [0.25, 0.3) is 11.0 Å². The Morgan fingerprint density at radius 3 is 2.49 bits per heavy atom. The number of hydrogen-bond donors (Lipinski definition) is 3. The number of nitrogens with one attached hydrogen (secondary N) is 2. The number of aromatic amines is 1. The zero-order chi connectivity index (χ0) is 25.9. The molecule has 0 radical (unpaired) electrons. The van der Waals surface area contributed by atoms with Crippen LogP contribution in [0.15, 0.2) is 66.7 Å². The van der Waals surface area contributed by atoms with E-state index in [1.54, 1.807) is 31.4 Å². The van der Waals surface area contributed by atoms with Gasteiger partial charge in [-0.15, -0.1) is 0 Å². The summed E-state index contributed by atoms with van der Waals surface area (Å²) in [7, 11) is 1.60. The van der Waals surface area contributed by atoms with E-state index >= 15 is 0 Å². The van der Waals surface area contributed by atoms with Crippen LogP contribution in [0.5, 0.6) is 11.5 Å². The lowest BCUT2D eigenvalue weighted by Gasteiger charge is -2.24. The fourth-order valence-electron chi connectivity index (χ4n) is 4.39. The fraction of sp³-hybridized carbons (Fsp3) is 0.222. The van der Waals surface area contributed by atoms with Crippen LogP contribution >= 0.6 is 22.6 Å². The molecule has 3 amide bonds. The van der Waals surface area contributed by atoms with Gasteiger partial charge in [0.25, 0.3) is 5.91 Å². The molecule has 10 heteroatoms. The first kappa shape index (κ1) is 25.0. The Kier molecular flexibility index (Phi) is 7.28. The van der Waals surface area contributed by atoms with E-state index in [9.17, 15) is 9.59 Å². The third-order valence-corrected chi connectivity index (χ3v) is 6.89. The molecule has 1 aromatic heterocycles. The normalized spacial score (nSPS) is 16.2. The number of hydrogen-bond acceptors (Lipinski definition) is 6. The van der Waals surface area contributed by atoms with E-state index in [0.717, 1.165) is 25.9 Å². The van der Waals surface area contributed by atoms with Gasteiger partial charge in [0.1, 0.15) is 36.0 Å². The summed E-state index contributed by atoms with van der Waals surface area (Å²) in [4.78, 5) is 36.2. The number of fused-ring (bicyclic) bond motifs is 1. The summed E-state index contributed by atoms with van der Waals surface area (Å²) in [5.41, 5.74) is 3.16. The van der Waals surface area contributed by atoms with E-state index < -0.39 is 18.1 Å². The van der Waals surface area contributed by atoms with Crippen molar-refractivity contribution in [2.45, 2.75) is 18.5 Å². The number of ether oxygens (including phenoxy) is 2. The molecule has 1 aliphatic heterocycles. The van der Waals surface area contributed by atoms with Gasteiger partial charge >= 0.3 is 6.03 Å². The fourth-order valence-corrected chi connectivity index (χ4v) is 4.86. The van der Waals surface area contributed by atoms with Crippen molar-refractivity contribution in [3.63, 3.8) is 0 Å². The molecule has 37 heavy (non-hydrogen) atoms. The molecule has 3 aromatic carbocycles. The van der Waals surface area contributed by atoms with Gasteiger partial charge in [0, 0.05) is 9.99 Å². The summed E-state index contributed by atoms with van der Waals surface area (Å²) in [6.45, 7) is 0.0835. The average molecular weight is 612 g/mol. The first-order chi connectivity index (χ1) is 18.0. The zero-order valence-corrected chi connectivity index (χ0v) is 22.1. The van der Waals surface area contributed by atoms with Gasteiger partial charge < -0.3 is 24.9 Å². The lowest BCUT2D eigenvalue weighted by atomic mass is 10.0. The van der Waals surface area contributed by atoms with E-state index in [4.69, 9.17) is 19.6 Å². The number of imide groups is 1. The van der Waals surface area contributed by atoms with Gasteiger partial charge in [0.15, 0.2) is 0 Å². The highest BCUT2D eigenvalue weighted by atomic mass is 127. The number of urea groups is 1. The van der Waals surface area contributed by atoms with Crippen LogP contribution in [-0.4, -0.2) is 52.2 Å². The molecule has 0 aliphatic carbocycles.